The minimum absolute atomic E-state index is 0. The number of hydrogen-bond donors (Lipinski definition) is 2. The van der Waals surface area contributed by atoms with Crippen molar-refractivity contribution in [3.63, 3.8) is 0 Å². The normalized spacial score (nSPS) is 7.12. The van der Waals surface area contributed by atoms with E-state index in [4.69, 9.17) is 15.2 Å². The van der Waals surface area contributed by atoms with Crippen molar-refractivity contribution in [1.82, 2.24) is 0 Å². The number of nitrogens with two attached hydrogens (primary N) is 1. The quantitative estimate of drug-likeness (QED) is 0.491. The molecule has 0 aliphatic carbocycles. The van der Waals surface area contributed by atoms with Crippen LogP contribution in [0.25, 0.3) is 0 Å². The van der Waals surface area contributed by atoms with Crippen LogP contribution >= 0.6 is 8.69 Å². The Morgan fingerprint density at radius 1 is 1.62 bits per heavy atom. The lowest BCUT2D eigenvalue weighted by molar-refractivity contribution is 0.524. The molecule has 0 spiro atoms. The van der Waals surface area contributed by atoms with E-state index < -0.39 is 8.69 Å². The van der Waals surface area contributed by atoms with Crippen LogP contribution in [0.1, 0.15) is 21.3 Å². The van der Waals surface area contributed by atoms with Gasteiger partial charge in [-0.2, -0.15) is 4.89 Å². The Labute approximate surface area is 52.2 Å². The molecular weight excluding hydrogens is 125 g/mol. The van der Waals surface area contributed by atoms with Gasteiger partial charge in [-0.15, -0.1) is 0 Å². The lowest BCUT2D eigenvalue weighted by Gasteiger charge is -1.81. The SMILES string of the molecule is C.CC(C)N.O=[PH+]O. The average molecular weight is 140 g/mol. The lowest BCUT2D eigenvalue weighted by Crippen LogP contribution is -2.06. The number of rotatable bonds is 0. The predicted molar refractivity (Wildman–Crippen MR) is 37.3 cm³/mol. The number of hydrogen-bond acceptors (Lipinski definition) is 2. The second-order valence-corrected chi connectivity index (χ2v) is 1.52. The van der Waals surface area contributed by atoms with Crippen molar-refractivity contribution < 1.29 is 9.46 Å². The lowest BCUT2D eigenvalue weighted by atomic mass is 10.5. The molecule has 0 fully saturated rings. The summed E-state index contributed by atoms with van der Waals surface area (Å²) in [5.41, 5.74) is 5.11. The molecule has 3 nitrogen and oxygen atoms in total. The Morgan fingerprint density at radius 3 is 1.62 bits per heavy atom. The van der Waals surface area contributed by atoms with Gasteiger partial charge in [0.25, 0.3) is 0 Å². The molecule has 0 bridgehead atoms. The van der Waals surface area contributed by atoms with Crippen LogP contribution in [-0.4, -0.2) is 10.9 Å². The maximum atomic E-state index is 8.51. The second kappa shape index (κ2) is 15.7. The Morgan fingerprint density at radius 2 is 1.62 bits per heavy atom. The summed E-state index contributed by atoms with van der Waals surface area (Å²) >= 11 is 0. The first-order valence-electron chi connectivity index (χ1n) is 1.92. The van der Waals surface area contributed by atoms with Gasteiger partial charge in [-0.1, -0.05) is 21.3 Å². The van der Waals surface area contributed by atoms with Crippen molar-refractivity contribution in [1.29, 1.82) is 0 Å². The molecule has 8 heavy (non-hydrogen) atoms. The predicted octanol–water partition coefficient (Wildman–Crippen LogP) is 0.907. The largest absolute Gasteiger partial charge is 0.491 e. The molecule has 0 saturated carbocycles. The summed E-state index contributed by atoms with van der Waals surface area (Å²) in [4.78, 5) is 7.04. The third-order valence-corrected chi connectivity index (χ3v) is 0. The zero-order valence-corrected chi connectivity index (χ0v) is 5.51. The van der Waals surface area contributed by atoms with Crippen LogP contribution in [0.15, 0.2) is 0 Å². The third-order valence-electron chi connectivity index (χ3n) is 0. The van der Waals surface area contributed by atoms with Gasteiger partial charge in [0.15, 0.2) is 0 Å². The van der Waals surface area contributed by atoms with Gasteiger partial charge < -0.3 is 5.73 Å². The smallest absolute Gasteiger partial charge is 0.328 e. The molecule has 0 aliphatic heterocycles. The highest BCUT2D eigenvalue weighted by molar-refractivity contribution is 7.16. The van der Waals surface area contributed by atoms with Gasteiger partial charge in [0.2, 0.25) is 0 Å². The Kier molecular flexibility index (Phi) is 30.9. The van der Waals surface area contributed by atoms with Gasteiger partial charge in [0, 0.05) is 0 Å². The summed E-state index contributed by atoms with van der Waals surface area (Å²) in [6.07, 6.45) is 0. The van der Waals surface area contributed by atoms with Crippen molar-refractivity contribution >= 4 is 8.69 Å². The molecule has 0 aromatic carbocycles. The Hall–Kier alpha value is 0.0200. The zero-order chi connectivity index (χ0) is 6.28. The van der Waals surface area contributed by atoms with E-state index in [0.29, 0.717) is 6.04 Å². The van der Waals surface area contributed by atoms with Crippen LogP contribution < -0.4 is 5.73 Å². The monoisotopic (exact) mass is 140 g/mol. The van der Waals surface area contributed by atoms with Gasteiger partial charge in [-0.05, 0) is 10.6 Å². The van der Waals surface area contributed by atoms with Crippen LogP contribution in [0, 0.1) is 0 Å². The van der Waals surface area contributed by atoms with Gasteiger partial charge in [-0.25, -0.2) is 0 Å². The fourth-order valence-electron chi connectivity index (χ4n) is 0. The third kappa shape index (κ3) is 379000. The minimum atomic E-state index is -1.17. The van der Waals surface area contributed by atoms with Gasteiger partial charge in [0.05, 0.1) is 0 Å². The van der Waals surface area contributed by atoms with Crippen molar-refractivity contribution in [3.8, 4) is 0 Å². The molecule has 0 rings (SSSR count). The molecule has 0 amide bonds. The average Bonchev–Trinajstić information content (AvgIpc) is 1.33. The zero-order valence-electron chi connectivity index (χ0n) is 4.51. The summed E-state index contributed by atoms with van der Waals surface area (Å²) < 4.78 is 8.51. The standard InChI is InChI=1S/C3H9N.CH4.HO2P/c1-3(2)4;;1-3-2/h3H,4H2,1-2H3;1H4;3H/p+1. The topological polar surface area (TPSA) is 63.3 Å². The molecule has 0 heterocycles. The highest BCUT2D eigenvalue weighted by Gasteiger charge is 1.67. The Balaban J connectivity index is -0.0000000575. The van der Waals surface area contributed by atoms with Crippen LogP contribution in [0.3, 0.4) is 0 Å². The van der Waals surface area contributed by atoms with Crippen LogP contribution in [0.2, 0.25) is 0 Å². The van der Waals surface area contributed by atoms with E-state index in [-0.39, 0.29) is 7.43 Å². The summed E-state index contributed by atoms with van der Waals surface area (Å²) in [6.45, 7) is 3.89. The van der Waals surface area contributed by atoms with Crippen molar-refractivity contribution in [2.24, 2.45) is 5.73 Å². The highest BCUT2D eigenvalue weighted by Crippen LogP contribution is 1.66. The van der Waals surface area contributed by atoms with E-state index in [9.17, 15) is 0 Å². The van der Waals surface area contributed by atoms with E-state index in [1.807, 2.05) is 13.8 Å². The first kappa shape index (κ1) is 15.7. The maximum absolute atomic E-state index is 8.51. The molecule has 0 aromatic rings. The fraction of sp³-hybridized carbons (Fsp3) is 1.00. The van der Waals surface area contributed by atoms with Crippen molar-refractivity contribution in [2.75, 3.05) is 0 Å². The minimum Gasteiger partial charge on any atom is -0.328 e. The first-order chi connectivity index (χ1) is 3.15. The molecular formula is C4H15NO2P+. The molecule has 0 radical (unpaired) electrons. The molecule has 1 atom stereocenters. The summed E-state index contributed by atoms with van der Waals surface area (Å²) in [5.74, 6) is 0. The van der Waals surface area contributed by atoms with Crippen LogP contribution in [-0.2, 0) is 4.57 Å². The van der Waals surface area contributed by atoms with E-state index in [2.05, 4.69) is 0 Å². The van der Waals surface area contributed by atoms with Crippen LogP contribution in [0.4, 0.5) is 0 Å². The van der Waals surface area contributed by atoms with Crippen molar-refractivity contribution in [2.45, 2.75) is 27.3 Å². The molecule has 0 aliphatic rings. The fourth-order valence-corrected chi connectivity index (χ4v) is 0. The van der Waals surface area contributed by atoms with E-state index in [0.717, 1.165) is 0 Å². The maximum Gasteiger partial charge on any atom is 0.491 e. The molecule has 4 heteroatoms. The molecule has 0 saturated heterocycles. The molecule has 0 aromatic heterocycles. The Bertz CT molecular complexity index is 38.3. The summed E-state index contributed by atoms with van der Waals surface area (Å²) in [6, 6.07) is 0.333. The summed E-state index contributed by atoms with van der Waals surface area (Å²) in [7, 11) is -1.17. The van der Waals surface area contributed by atoms with Gasteiger partial charge in [0.1, 0.15) is 0 Å². The molecule has 1 unspecified atom stereocenters. The first-order valence-corrected chi connectivity index (χ1v) is 2.77. The van der Waals surface area contributed by atoms with E-state index in [1.165, 1.54) is 0 Å². The van der Waals surface area contributed by atoms with Crippen LogP contribution in [0.5, 0.6) is 0 Å². The van der Waals surface area contributed by atoms with E-state index in [1.54, 1.807) is 0 Å². The van der Waals surface area contributed by atoms with Crippen molar-refractivity contribution in [3.05, 3.63) is 0 Å². The summed E-state index contributed by atoms with van der Waals surface area (Å²) in [5, 5.41) is 0. The van der Waals surface area contributed by atoms with Gasteiger partial charge >= 0.3 is 8.69 Å². The second-order valence-electron chi connectivity index (χ2n) is 1.34. The molecule has 3 N–H and O–H groups in total. The highest BCUT2D eigenvalue weighted by atomic mass is 31.1. The van der Waals surface area contributed by atoms with E-state index >= 15 is 0 Å². The van der Waals surface area contributed by atoms with Gasteiger partial charge in [-0.3, -0.25) is 0 Å². The molecule has 52 valence electrons.